The van der Waals surface area contributed by atoms with Gasteiger partial charge in [-0.1, -0.05) is 6.07 Å². The van der Waals surface area contributed by atoms with Gasteiger partial charge in [-0.05, 0) is 53.8 Å². The molecule has 0 fully saturated rings. The van der Waals surface area contributed by atoms with Gasteiger partial charge in [-0.25, -0.2) is 9.18 Å². The Balaban J connectivity index is 1.98. The summed E-state index contributed by atoms with van der Waals surface area (Å²) in [6, 6.07) is 5.76. The van der Waals surface area contributed by atoms with Gasteiger partial charge in [0.15, 0.2) is 11.5 Å². The first-order valence-electron chi connectivity index (χ1n) is 8.22. The van der Waals surface area contributed by atoms with Gasteiger partial charge in [-0.3, -0.25) is 4.90 Å². The Hall–Kier alpha value is -2.76. The molecule has 0 aromatic heterocycles. The van der Waals surface area contributed by atoms with E-state index in [0.29, 0.717) is 29.8 Å². The Morgan fingerprint density at radius 1 is 1.40 bits per heavy atom. The maximum absolute atomic E-state index is 13.9. The van der Waals surface area contributed by atoms with Crippen molar-refractivity contribution in [3.63, 3.8) is 0 Å². The number of methoxy groups -OCH3 is 1. The van der Waals surface area contributed by atoms with Crippen molar-refractivity contribution in [2.24, 2.45) is 0 Å². The SMILES string of the molecule is CCOC(=O)N1CCc2cc(OC)c(O)c3c2C1c1cc(F)ccc1-3. The number of carbonyl (C=O) groups is 1. The third-order valence-corrected chi connectivity index (χ3v) is 4.90. The molecule has 1 amide bonds. The molecule has 4 rings (SSSR count). The lowest BCUT2D eigenvalue weighted by Crippen LogP contribution is -2.40. The monoisotopic (exact) mass is 343 g/mol. The van der Waals surface area contributed by atoms with E-state index >= 15 is 0 Å². The topological polar surface area (TPSA) is 59.0 Å². The van der Waals surface area contributed by atoms with Crippen molar-refractivity contribution in [2.75, 3.05) is 20.3 Å². The summed E-state index contributed by atoms with van der Waals surface area (Å²) in [6.45, 7) is 2.48. The van der Waals surface area contributed by atoms with E-state index in [4.69, 9.17) is 9.47 Å². The molecule has 0 saturated carbocycles. The molecule has 1 aliphatic carbocycles. The lowest BCUT2D eigenvalue weighted by atomic mass is 9.91. The van der Waals surface area contributed by atoms with Crippen LogP contribution in [0.4, 0.5) is 9.18 Å². The van der Waals surface area contributed by atoms with Crippen molar-refractivity contribution in [1.82, 2.24) is 4.90 Å². The summed E-state index contributed by atoms with van der Waals surface area (Å²) in [5, 5.41) is 10.7. The van der Waals surface area contributed by atoms with Crippen LogP contribution in [0.5, 0.6) is 11.5 Å². The van der Waals surface area contributed by atoms with Crippen LogP contribution in [0.2, 0.25) is 0 Å². The third-order valence-electron chi connectivity index (χ3n) is 4.90. The molecule has 130 valence electrons. The fraction of sp³-hybridized carbons (Fsp3) is 0.316. The Morgan fingerprint density at radius 3 is 2.92 bits per heavy atom. The zero-order valence-corrected chi connectivity index (χ0v) is 14.0. The number of phenolic OH excluding ortho intramolecular Hbond substituents is 1. The van der Waals surface area contributed by atoms with E-state index in [-0.39, 0.29) is 18.2 Å². The quantitative estimate of drug-likeness (QED) is 0.905. The zero-order valence-electron chi connectivity index (χ0n) is 14.0. The molecule has 1 atom stereocenters. The van der Waals surface area contributed by atoms with Crippen molar-refractivity contribution in [1.29, 1.82) is 0 Å². The highest BCUT2D eigenvalue weighted by Crippen LogP contribution is 2.55. The highest BCUT2D eigenvalue weighted by atomic mass is 19.1. The molecule has 0 bridgehead atoms. The van der Waals surface area contributed by atoms with Crippen molar-refractivity contribution in [3.05, 3.63) is 46.8 Å². The van der Waals surface area contributed by atoms with Crippen LogP contribution in [0.15, 0.2) is 24.3 Å². The lowest BCUT2D eigenvalue weighted by molar-refractivity contribution is 0.0944. The number of hydrogen-bond donors (Lipinski definition) is 1. The molecule has 6 heteroatoms. The van der Waals surface area contributed by atoms with E-state index in [1.165, 1.54) is 19.2 Å². The molecule has 1 unspecified atom stereocenters. The van der Waals surface area contributed by atoms with Crippen molar-refractivity contribution in [3.8, 4) is 22.6 Å². The molecule has 2 aromatic rings. The molecule has 25 heavy (non-hydrogen) atoms. The number of aromatic hydroxyl groups is 1. The van der Waals surface area contributed by atoms with Gasteiger partial charge in [0.1, 0.15) is 5.82 Å². The summed E-state index contributed by atoms with van der Waals surface area (Å²) >= 11 is 0. The number of fused-ring (bicyclic) bond motifs is 3. The Bertz CT molecular complexity index is 880. The van der Waals surface area contributed by atoms with E-state index in [1.54, 1.807) is 24.0 Å². The molecular weight excluding hydrogens is 325 g/mol. The second-order valence-corrected chi connectivity index (χ2v) is 6.15. The van der Waals surface area contributed by atoms with Crippen LogP contribution in [-0.4, -0.2) is 36.4 Å². The minimum atomic E-state index is -0.458. The number of halogens is 1. The minimum Gasteiger partial charge on any atom is -0.504 e. The van der Waals surface area contributed by atoms with Gasteiger partial charge >= 0.3 is 6.09 Å². The third kappa shape index (κ3) is 2.17. The first kappa shape index (κ1) is 15.7. The number of benzene rings is 2. The largest absolute Gasteiger partial charge is 0.504 e. The second kappa shape index (κ2) is 5.65. The molecule has 2 aliphatic rings. The Morgan fingerprint density at radius 2 is 2.20 bits per heavy atom. The van der Waals surface area contributed by atoms with Gasteiger partial charge in [-0.15, -0.1) is 0 Å². The van der Waals surface area contributed by atoms with Gasteiger partial charge in [0, 0.05) is 12.1 Å². The summed E-state index contributed by atoms with van der Waals surface area (Å²) in [7, 11) is 1.50. The first-order chi connectivity index (χ1) is 12.1. The molecular formula is C19H18FNO4. The number of carbonyl (C=O) groups excluding carboxylic acids is 1. The standard InChI is InChI=1S/C19H18FNO4/c1-3-25-19(23)21-7-6-10-8-14(24-2)18(22)16-12-5-4-11(20)9-13(12)17(21)15(10)16/h4-5,8-9,17,22H,3,6-7H2,1-2H3. The minimum absolute atomic E-state index is 0.0160. The summed E-state index contributed by atoms with van der Waals surface area (Å²) in [4.78, 5) is 14.0. The van der Waals surface area contributed by atoms with Crippen LogP contribution in [-0.2, 0) is 11.2 Å². The predicted octanol–water partition coefficient (Wildman–Crippen LogP) is 3.62. The van der Waals surface area contributed by atoms with Gasteiger partial charge in [-0.2, -0.15) is 0 Å². The number of hydrogen-bond acceptors (Lipinski definition) is 4. The van der Waals surface area contributed by atoms with E-state index in [9.17, 15) is 14.3 Å². The maximum Gasteiger partial charge on any atom is 0.410 e. The van der Waals surface area contributed by atoms with Gasteiger partial charge < -0.3 is 14.6 Å². The van der Waals surface area contributed by atoms with Crippen molar-refractivity contribution in [2.45, 2.75) is 19.4 Å². The molecule has 0 radical (unpaired) electrons. The number of amides is 1. The maximum atomic E-state index is 13.9. The van der Waals surface area contributed by atoms with Crippen LogP contribution in [0, 0.1) is 5.82 Å². The van der Waals surface area contributed by atoms with E-state index in [2.05, 4.69) is 0 Å². The van der Waals surface area contributed by atoms with E-state index in [1.807, 2.05) is 0 Å². The average Bonchev–Trinajstić information content (AvgIpc) is 2.94. The predicted molar refractivity (Wildman–Crippen MR) is 89.3 cm³/mol. The highest BCUT2D eigenvalue weighted by Gasteiger charge is 2.42. The smallest absolute Gasteiger partial charge is 0.410 e. The van der Waals surface area contributed by atoms with E-state index < -0.39 is 12.1 Å². The molecule has 1 aliphatic heterocycles. The molecule has 2 aromatic carbocycles. The Labute approximate surface area is 144 Å². The fourth-order valence-electron chi connectivity index (χ4n) is 3.90. The lowest BCUT2D eigenvalue weighted by Gasteiger charge is -2.35. The molecule has 0 spiro atoms. The molecule has 1 N–H and O–H groups in total. The first-order valence-corrected chi connectivity index (χ1v) is 8.22. The average molecular weight is 343 g/mol. The van der Waals surface area contributed by atoms with Crippen molar-refractivity contribution < 1.29 is 23.8 Å². The summed E-state index contributed by atoms with van der Waals surface area (Å²) < 4.78 is 24.4. The van der Waals surface area contributed by atoms with Crippen LogP contribution in [0.1, 0.15) is 29.7 Å². The van der Waals surface area contributed by atoms with Crippen LogP contribution < -0.4 is 4.74 Å². The van der Waals surface area contributed by atoms with Crippen LogP contribution in [0.25, 0.3) is 11.1 Å². The molecule has 5 nitrogen and oxygen atoms in total. The fourth-order valence-corrected chi connectivity index (χ4v) is 3.90. The van der Waals surface area contributed by atoms with Gasteiger partial charge in [0.25, 0.3) is 0 Å². The molecule has 0 saturated heterocycles. The number of ether oxygens (including phenoxy) is 2. The highest BCUT2D eigenvalue weighted by molar-refractivity contribution is 5.88. The summed E-state index contributed by atoms with van der Waals surface area (Å²) in [5.41, 5.74) is 3.82. The molecule has 1 heterocycles. The summed E-state index contributed by atoms with van der Waals surface area (Å²) in [6.07, 6.45) is 0.182. The Kier molecular flexibility index (Phi) is 3.56. The van der Waals surface area contributed by atoms with Gasteiger partial charge in [0.2, 0.25) is 0 Å². The van der Waals surface area contributed by atoms with E-state index in [0.717, 1.165) is 16.7 Å². The normalized spacial score (nSPS) is 17.1. The van der Waals surface area contributed by atoms with Crippen LogP contribution in [0.3, 0.4) is 0 Å². The number of phenols is 1. The van der Waals surface area contributed by atoms with Crippen molar-refractivity contribution >= 4 is 6.09 Å². The van der Waals surface area contributed by atoms with Crippen LogP contribution >= 0.6 is 0 Å². The summed E-state index contributed by atoms with van der Waals surface area (Å²) in [5.74, 6) is 0.0190. The second-order valence-electron chi connectivity index (χ2n) is 6.15. The van der Waals surface area contributed by atoms with Gasteiger partial charge in [0.05, 0.1) is 19.8 Å². The number of nitrogens with zero attached hydrogens (tertiary/aromatic N) is 1. The zero-order chi connectivity index (χ0) is 17.7. The number of rotatable bonds is 2.